The predicted molar refractivity (Wildman–Crippen MR) is 151 cm³/mol. The van der Waals surface area contributed by atoms with Gasteiger partial charge in [-0.25, -0.2) is 26.8 Å². The molecule has 8 nitrogen and oxygen atoms in total. The van der Waals surface area contributed by atoms with Crippen molar-refractivity contribution in [3.8, 4) is 17.2 Å². The summed E-state index contributed by atoms with van der Waals surface area (Å²) in [4.78, 5) is 14.0. The lowest BCUT2D eigenvalue weighted by Crippen LogP contribution is -2.30. The number of halogens is 3. The maximum Gasteiger partial charge on any atom is 0.338 e. The number of hydrogen-bond donors (Lipinski definition) is 1. The van der Waals surface area contributed by atoms with Crippen molar-refractivity contribution in [1.82, 2.24) is 24.2 Å². The van der Waals surface area contributed by atoms with E-state index in [4.69, 9.17) is 5.10 Å². The minimum Gasteiger partial charge on any atom is -0.310 e. The first-order valence-corrected chi connectivity index (χ1v) is 14.1. The van der Waals surface area contributed by atoms with Gasteiger partial charge in [-0.05, 0) is 62.2 Å². The van der Waals surface area contributed by atoms with Gasteiger partial charge in [-0.15, -0.1) is 12.4 Å². The monoisotopic (exact) mass is 576 g/mol. The molecule has 12 heteroatoms. The summed E-state index contributed by atoms with van der Waals surface area (Å²) in [7, 11) is -1.27. The summed E-state index contributed by atoms with van der Waals surface area (Å²) in [6.45, 7) is 7.85. The molecule has 0 spiro atoms. The quantitative estimate of drug-likeness (QED) is 0.369. The molecule has 1 N–H and O–H groups in total. The Bertz CT molecular complexity index is 1730. The number of rotatable bonds is 5. The maximum atomic E-state index is 15.3. The summed E-state index contributed by atoms with van der Waals surface area (Å²) in [5.41, 5.74) is 2.82. The molecule has 1 aliphatic heterocycles. The molecule has 0 aliphatic carbocycles. The van der Waals surface area contributed by atoms with E-state index in [0.29, 0.717) is 29.1 Å². The van der Waals surface area contributed by atoms with Crippen LogP contribution in [0.15, 0.2) is 56.8 Å². The molecule has 5 rings (SSSR count). The van der Waals surface area contributed by atoms with Gasteiger partial charge in [0, 0.05) is 49.8 Å². The van der Waals surface area contributed by atoms with Crippen LogP contribution in [0.3, 0.4) is 0 Å². The van der Waals surface area contributed by atoms with Gasteiger partial charge >= 0.3 is 5.69 Å². The Morgan fingerprint density at radius 2 is 1.79 bits per heavy atom. The third-order valence-corrected chi connectivity index (χ3v) is 9.49. The van der Waals surface area contributed by atoms with Gasteiger partial charge in [-0.3, -0.25) is 9.13 Å². The van der Waals surface area contributed by atoms with Gasteiger partial charge in [-0.2, -0.15) is 5.10 Å². The van der Waals surface area contributed by atoms with Gasteiger partial charge in [0.2, 0.25) is 0 Å². The van der Waals surface area contributed by atoms with Gasteiger partial charge in [-0.1, -0.05) is 6.92 Å². The molecule has 39 heavy (non-hydrogen) atoms. The van der Waals surface area contributed by atoms with E-state index in [1.165, 1.54) is 34.5 Å². The van der Waals surface area contributed by atoms with Crippen LogP contribution in [-0.2, 0) is 16.1 Å². The molecule has 1 unspecified atom stereocenters. The van der Waals surface area contributed by atoms with Crippen LogP contribution >= 0.6 is 12.4 Å². The number of nitrogens with one attached hydrogen (secondary N) is 1. The molecule has 0 saturated carbocycles. The van der Waals surface area contributed by atoms with Gasteiger partial charge in [0.25, 0.3) is 0 Å². The highest BCUT2D eigenvalue weighted by molar-refractivity contribution is 7.93. The van der Waals surface area contributed by atoms with Crippen molar-refractivity contribution in [2.45, 2.75) is 45.1 Å². The highest BCUT2D eigenvalue weighted by Crippen LogP contribution is 2.31. The third-order valence-electron chi connectivity index (χ3n) is 7.12. The SMILES string of the molecule is CCS(=O)(=NC)c1ccc(-n2ccn(-c3c4c(nn3-c3cc(C)c(F)c(C)c3)CCN[C@H]4C)c2=O)c(F)c1.Cl. The smallest absolute Gasteiger partial charge is 0.310 e. The number of nitrogens with zero attached hydrogens (tertiary/aromatic N) is 5. The second-order valence-electron chi connectivity index (χ2n) is 9.46. The van der Waals surface area contributed by atoms with E-state index in [-0.39, 0.29) is 40.6 Å². The van der Waals surface area contributed by atoms with Crippen LogP contribution in [0.1, 0.15) is 42.3 Å². The van der Waals surface area contributed by atoms with E-state index in [2.05, 4.69) is 9.68 Å². The second kappa shape index (κ2) is 10.7. The van der Waals surface area contributed by atoms with E-state index >= 15 is 4.39 Å². The van der Waals surface area contributed by atoms with Crippen molar-refractivity contribution < 1.29 is 13.0 Å². The zero-order valence-corrected chi connectivity index (χ0v) is 24.0. The van der Waals surface area contributed by atoms with Crippen molar-refractivity contribution in [3.05, 3.63) is 87.2 Å². The van der Waals surface area contributed by atoms with Gasteiger partial charge in [0.15, 0.2) is 0 Å². The standard InChI is InChI=1S/C27H30F2N6O2S.ClH/c1-6-38(37,30-5)20-7-8-23(21(28)15-20)33-11-12-34(27(33)36)26-24-18(4)31-10-9-22(24)32-35(26)19-13-16(2)25(29)17(3)14-19;/h7-8,11-15,18,31H,6,9-10H2,1-5H3;1H/t18-,38?;/m0./s1. The van der Waals surface area contributed by atoms with Crippen LogP contribution < -0.4 is 11.0 Å². The van der Waals surface area contributed by atoms with Crippen molar-refractivity contribution >= 4 is 22.1 Å². The summed E-state index contributed by atoms with van der Waals surface area (Å²) in [5.74, 6) is -0.193. The molecule has 2 aromatic carbocycles. The van der Waals surface area contributed by atoms with E-state index in [1.807, 2.05) is 6.92 Å². The summed E-state index contributed by atoms with van der Waals surface area (Å²) in [5, 5.41) is 8.24. The molecule has 0 radical (unpaired) electrons. The average molecular weight is 577 g/mol. The lowest BCUT2D eigenvalue weighted by atomic mass is 10.0. The molecule has 1 aliphatic rings. The number of aryl methyl sites for hydroxylation is 2. The largest absolute Gasteiger partial charge is 0.338 e. The molecule has 0 fully saturated rings. The van der Waals surface area contributed by atoms with Crippen molar-refractivity contribution in [3.63, 3.8) is 0 Å². The molecular formula is C27H31ClF2N6O2S. The Labute approximate surface area is 232 Å². The summed E-state index contributed by atoms with van der Waals surface area (Å²) in [6, 6.07) is 7.49. The lowest BCUT2D eigenvalue weighted by Gasteiger charge is -2.21. The van der Waals surface area contributed by atoms with Crippen LogP contribution in [-0.4, -0.2) is 42.5 Å². The van der Waals surface area contributed by atoms with E-state index < -0.39 is 21.2 Å². The minimum absolute atomic E-state index is 0. The predicted octanol–water partition coefficient (Wildman–Crippen LogP) is 4.81. The summed E-state index contributed by atoms with van der Waals surface area (Å²) in [6.07, 6.45) is 3.74. The van der Waals surface area contributed by atoms with Crippen molar-refractivity contribution in [2.24, 2.45) is 4.36 Å². The Morgan fingerprint density at radius 3 is 2.41 bits per heavy atom. The number of hydrogen-bond acceptors (Lipinski definition) is 5. The Balaban J connectivity index is 0.00000353. The molecule has 2 atom stereocenters. The fourth-order valence-electron chi connectivity index (χ4n) is 5.06. The first-order chi connectivity index (χ1) is 18.1. The number of aromatic nitrogens is 4. The molecule has 0 bridgehead atoms. The fourth-order valence-corrected chi connectivity index (χ4v) is 6.43. The first kappa shape index (κ1) is 28.7. The first-order valence-electron chi connectivity index (χ1n) is 12.4. The second-order valence-corrected chi connectivity index (χ2v) is 12.2. The number of fused-ring (bicyclic) bond motifs is 1. The van der Waals surface area contributed by atoms with E-state index in [1.54, 1.807) is 49.8 Å². The molecule has 0 saturated heterocycles. The number of benzene rings is 2. The summed E-state index contributed by atoms with van der Waals surface area (Å²) < 4.78 is 50.9. The van der Waals surface area contributed by atoms with Crippen LogP contribution in [0.25, 0.3) is 17.2 Å². The van der Waals surface area contributed by atoms with E-state index in [0.717, 1.165) is 17.8 Å². The van der Waals surface area contributed by atoms with E-state index in [9.17, 15) is 13.4 Å². The van der Waals surface area contributed by atoms with Gasteiger partial charge in [0.05, 0.1) is 31.7 Å². The molecular weight excluding hydrogens is 546 g/mol. The Morgan fingerprint density at radius 1 is 1.13 bits per heavy atom. The minimum atomic E-state index is -2.72. The fraction of sp³-hybridized carbons (Fsp3) is 0.333. The average Bonchev–Trinajstić information content (AvgIpc) is 3.47. The van der Waals surface area contributed by atoms with Crippen LogP contribution in [0.4, 0.5) is 8.78 Å². The van der Waals surface area contributed by atoms with Crippen LogP contribution in [0.5, 0.6) is 0 Å². The molecule has 2 aromatic heterocycles. The van der Waals surface area contributed by atoms with Gasteiger partial charge < -0.3 is 5.32 Å². The third kappa shape index (κ3) is 4.72. The van der Waals surface area contributed by atoms with Crippen molar-refractivity contribution in [1.29, 1.82) is 0 Å². The molecule has 0 amide bonds. The van der Waals surface area contributed by atoms with Crippen LogP contribution in [0.2, 0.25) is 0 Å². The zero-order valence-electron chi connectivity index (χ0n) is 22.4. The number of imidazole rings is 1. The highest BCUT2D eigenvalue weighted by Gasteiger charge is 2.29. The van der Waals surface area contributed by atoms with Crippen LogP contribution in [0, 0.1) is 25.5 Å². The Hall–Kier alpha value is -3.28. The lowest BCUT2D eigenvalue weighted by molar-refractivity contribution is 0.536. The Kier molecular flexibility index (Phi) is 7.89. The maximum absolute atomic E-state index is 15.3. The zero-order chi connectivity index (χ0) is 27.4. The molecule has 208 valence electrons. The molecule has 3 heterocycles. The highest BCUT2D eigenvalue weighted by atomic mass is 35.5. The topological polar surface area (TPSA) is 86.2 Å². The normalized spacial score (nSPS) is 16.3. The molecule has 4 aromatic rings. The van der Waals surface area contributed by atoms with Crippen molar-refractivity contribution in [2.75, 3.05) is 19.3 Å². The van der Waals surface area contributed by atoms with Gasteiger partial charge in [0.1, 0.15) is 17.5 Å². The summed E-state index contributed by atoms with van der Waals surface area (Å²) >= 11 is 0.